The molecule has 3 rings (SSSR count). The number of ether oxygens (including phenoxy) is 1. The van der Waals surface area contributed by atoms with Crippen LogP contribution >= 0.6 is 22.9 Å². The van der Waals surface area contributed by atoms with E-state index in [1.54, 1.807) is 12.1 Å². The second kappa shape index (κ2) is 9.04. The fourth-order valence-corrected chi connectivity index (χ4v) is 4.69. The van der Waals surface area contributed by atoms with Crippen LogP contribution in [0.15, 0.2) is 41.8 Å². The van der Waals surface area contributed by atoms with Gasteiger partial charge in [-0.05, 0) is 48.6 Å². The van der Waals surface area contributed by atoms with E-state index in [-0.39, 0.29) is 12.0 Å². The van der Waals surface area contributed by atoms with Gasteiger partial charge in [0.2, 0.25) is 0 Å². The molecule has 25 heavy (non-hydrogen) atoms. The van der Waals surface area contributed by atoms with Crippen molar-refractivity contribution >= 4 is 22.9 Å². The maximum Gasteiger partial charge on any atom is 0.119 e. The van der Waals surface area contributed by atoms with Gasteiger partial charge in [-0.3, -0.25) is 0 Å². The number of aliphatic hydroxyl groups excluding tert-OH is 1. The first-order valence-corrected chi connectivity index (χ1v) is 10.2. The van der Waals surface area contributed by atoms with Gasteiger partial charge in [0, 0.05) is 28.4 Å². The standard InChI is InChI=1S/C20H26ClNO2S/c21-16-6-8-18(9-7-16)24-14-17(23)13-22-15-20(10-2-1-3-11-20)19-5-4-12-25-19/h4-9,12,17,22-23H,1-3,10-11,13-15H2. The summed E-state index contributed by atoms with van der Waals surface area (Å²) in [6, 6.07) is 11.6. The highest BCUT2D eigenvalue weighted by Gasteiger charge is 2.34. The van der Waals surface area contributed by atoms with Crippen LogP contribution < -0.4 is 10.1 Å². The second-order valence-corrected chi connectivity index (χ2v) is 8.25. The predicted octanol–water partition coefficient (Wildman–Crippen LogP) is 4.63. The van der Waals surface area contributed by atoms with Gasteiger partial charge in [0.05, 0.1) is 0 Å². The predicted molar refractivity (Wildman–Crippen MR) is 105 cm³/mol. The van der Waals surface area contributed by atoms with E-state index in [2.05, 4.69) is 22.8 Å². The Bertz CT molecular complexity index is 624. The summed E-state index contributed by atoms with van der Waals surface area (Å²) >= 11 is 7.72. The molecule has 1 fully saturated rings. The van der Waals surface area contributed by atoms with Crippen molar-refractivity contribution in [3.63, 3.8) is 0 Å². The zero-order valence-corrected chi connectivity index (χ0v) is 16.0. The van der Waals surface area contributed by atoms with E-state index in [4.69, 9.17) is 16.3 Å². The smallest absolute Gasteiger partial charge is 0.119 e. The van der Waals surface area contributed by atoms with Crippen molar-refractivity contribution in [1.82, 2.24) is 5.32 Å². The van der Waals surface area contributed by atoms with E-state index < -0.39 is 6.10 Å². The Morgan fingerprint density at radius 2 is 1.92 bits per heavy atom. The number of benzene rings is 1. The van der Waals surface area contributed by atoms with E-state index in [0.29, 0.717) is 11.6 Å². The van der Waals surface area contributed by atoms with Crippen molar-refractivity contribution in [2.45, 2.75) is 43.6 Å². The second-order valence-electron chi connectivity index (χ2n) is 6.87. The number of halogens is 1. The lowest BCUT2D eigenvalue weighted by Crippen LogP contribution is -2.42. The van der Waals surface area contributed by atoms with Gasteiger partial charge in [0.1, 0.15) is 18.5 Å². The van der Waals surface area contributed by atoms with E-state index in [0.717, 1.165) is 12.3 Å². The molecule has 1 aliphatic rings. The van der Waals surface area contributed by atoms with Crippen LogP contribution in [0.2, 0.25) is 5.02 Å². The van der Waals surface area contributed by atoms with Crippen molar-refractivity contribution in [1.29, 1.82) is 0 Å². The lowest BCUT2D eigenvalue weighted by Gasteiger charge is -2.37. The number of hydrogen-bond donors (Lipinski definition) is 2. The molecule has 136 valence electrons. The maximum absolute atomic E-state index is 10.2. The zero-order chi connectivity index (χ0) is 17.5. The Kier molecular flexibility index (Phi) is 6.77. The highest BCUT2D eigenvalue weighted by Crippen LogP contribution is 2.41. The first-order chi connectivity index (χ1) is 12.2. The van der Waals surface area contributed by atoms with E-state index in [1.165, 1.54) is 37.0 Å². The molecule has 2 aromatic rings. The van der Waals surface area contributed by atoms with Gasteiger partial charge in [-0.25, -0.2) is 0 Å². The number of aliphatic hydroxyl groups is 1. The molecule has 1 unspecified atom stereocenters. The highest BCUT2D eigenvalue weighted by molar-refractivity contribution is 7.10. The topological polar surface area (TPSA) is 41.5 Å². The highest BCUT2D eigenvalue weighted by atomic mass is 35.5. The van der Waals surface area contributed by atoms with Crippen molar-refractivity contribution in [2.75, 3.05) is 19.7 Å². The summed E-state index contributed by atoms with van der Waals surface area (Å²) < 4.78 is 5.62. The summed E-state index contributed by atoms with van der Waals surface area (Å²) in [6.07, 6.45) is 5.86. The fourth-order valence-electron chi connectivity index (χ4n) is 3.58. The summed E-state index contributed by atoms with van der Waals surface area (Å²) in [6.45, 7) is 1.74. The third kappa shape index (κ3) is 5.20. The Balaban J connectivity index is 1.46. The molecular weight excluding hydrogens is 354 g/mol. The van der Waals surface area contributed by atoms with Gasteiger partial charge in [-0.15, -0.1) is 11.3 Å². The monoisotopic (exact) mass is 379 g/mol. The number of hydrogen-bond acceptors (Lipinski definition) is 4. The molecule has 0 radical (unpaired) electrons. The molecule has 0 spiro atoms. The number of nitrogens with one attached hydrogen (secondary N) is 1. The summed E-state index contributed by atoms with van der Waals surface area (Å²) in [5.41, 5.74) is 0.239. The van der Waals surface area contributed by atoms with Crippen LogP contribution in [0, 0.1) is 0 Å². The molecule has 5 heteroatoms. The molecule has 0 saturated heterocycles. The zero-order valence-electron chi connectivity index (χ0n) is 14.4. The average molecular weight is 380 g/mol. The Morgan fingerprint density at radius 3 is 2.60 bits per heavy atom. The van der Waals surface area contributed by atoms with Gasteiger partial charge in [-0.1, -0.05) is 36.9 Å². The molecule has 1 aromatic heterocycles. The largest absolute Gasteiger partial charge is 0.491 e. The first-order valence-electron chi connectivity index (χ1n) is 8.99. The molecule has 3 nitrogen and oxygen atoms in total. The van der Waals surface area contributed by atoms with Crippen LogP contribution in [0.4, 0.5) is 0 Å². The minimum atomic E-state index is -0.528. The minimum Gasteiger partial charge on any atom is -0.491 e. The summed E-state index contributed by atoms with van der Waals surface area (Å²) in [4.78, 5) is 1.48. The van der Waals surface area contributed by atoms with Crippen LogP contribution in [0.1, 0.15) is 37.0 Å². The molecule has 1 heterocycles. The Hall–Kier alpha value is -1.07. The van der Waals surface area contributed by atoms with Gasteiger partial charge in [0.25, 0.3) is 0 Å². The lowest BCUT2D eigenvalue weighted by molar-refractivity contribution is 0.103. The molecule has 1 aliphatic carbocycles. The van der Waals surface area contributed by atoms with Crippen molar-refractivity contribution < 1.29 is 9.84 Å². The third-order valence-electron chi connectivity index (χ3n) is 4.95. The van der Waals surface area contributed by atoms with Gasteiger partial charge >= 0.3 is 0 Å². The molecule has 1 atom stereocenters. The molecule has 0 amide bonds. The van der Waals surface area contributed by atoms with Crippen LogP contribution in [-0.4, -0.2) is 30.9 Å². The molecule has 0 bridgehead atoms. The average Bonchev–Trinajstić information content (AvgIpc) is 3.17. The van der Waals surface area contributed by atoms with Crippen LogP contribution in [0.25, 0.3) is 0 Å². The first kappa shape index (κ1) is 18.7. The fraction of sp³-hybridized carbons (Fsp3) is 0.500. The minimum absolute atomic E-state index is 0.239. The Labute approximate surface area is 159 Å². The lowest BCUT2D eigenvalue weighted by atomic mass is 9.73. The van der Waals surface area contributed by atoms with E-state index in [1.807, 2.05) is 23.5 Å². The molecule has 0 aliphatic heterocycles. The van der Waals surface area contributed by atoms with Gasteiger partial charge < -0.3 is 15.2 Å². The normalized spacial score (nSPS) is 18.0. The van der Waals surface area contributed by atoms with Crippen molar-refractivity contribution in [3.8, 4) is 5.75 Å². The van der Waals surface area contributed by atoms with Crippen LogP contribution in [0.5, 0.6) is 5.75 Å². The molecular formula is C20H26ClNO2S. The Morgan fingerprint density at radius 1 is 1.16 bits per heavy atom. The quantitative estimate of drug-likeness (QED) is 0.702. The molecule has 2 N–H and O–H groups in total. The molecule has 1 aromatic carbocycles. The van der Waals surface area contributed by atoms with Crippen molar-refractivity contribution in [2.24, 2.45) is 0 Å². The summed E-state index contributed by atoms with van der Waals surface area (Å²) in [5.74, 6) is 0.728. The van der Waals surface area contributed by atoms with E-state index in [9.17, 15) is 5.11 Å². The van der Waals surface area contributed by atoms with Crippen LogP contribution in [0.3, 0.4) is 0 Å². The van der Waals surface area contributed by atoms with E-state index >= 15 is 0 Å². The summed E-state index contributed by atoms with van der Waals surface area (Å²) in [5, 5.41) is 16.5. The number of thiophene rings is 1. The third-order valence-corrected chi connectivity index (χ3v) is 6.32. The van der Waals surface area contributed by atoms with Crippen LogP contribution in [-0.2, 0) is 5.41 Å². The van der Waals surface area contributed by atoms with Crippen molar-refractivity contribution in [3.05, 3.63) is 51.7 Å². The SMILES string of the molecule is OC(CNCC1(c2cccs2)CCCCC1)COc1ccc(Cl)cc1. The van der Waals surface area contributed by atoms with Gasteiger partial charge in [0.15, 0.2) is 0 Å². The van der Waals surface area contributed by atoms with Gasteiger partial charge in [-0.2, -0.15) is 0 Å². The maximum atomic E-state index is 10.2. The number of rotatable bonds is 8. The molecule has 1 saturated carbocycles. The summed E-state index contributed by atoms with van der Waals surface area (Å²) in [7, 11) is 0.